The Morgan fingerprint density at radius 2 is 1.13 bits per heavy atom. The molecule has 2 aromatic heterocycles. The first kappa shape index (κ1) is 35.6. The van der Waals surface area contributed by atoms with Crippen LogP contribution in [0.3, 0.4) is 0 Å². The second-order valence-corrected chi connectivity index (χ2v) is 16.7. The number of nitriles is 1. The van der Waals surface area contributed by atoms with E-state index in [1.165, 1.54) is 27.6 Å². The molecule has 11 aromatic rings. The summed E-state index contributed by atoms with van der Waals surface area (Å²) in [5.41, 5.74) is 14.3. The Morgan fingerprint density at radius 3 is 1.89 bits per heavy atom. The number of para-hydroxylation sites is 3. The van der Waals surface area contributed by atoms with Gasteiger partial charge in [-0.15, -0.1) is 0 Å². The van der Waals surface area contributed by atoms with Crippen molar-refractivity contribution >= 4 is 77.1 Å². The van der Waals surface area contributed by atoms with Gasteiger partial charge in [-0.25, -0.2) is 4.85 Å². The van der Waals surface area contributed by atoms with Gasteiger partial charge in [0.1, 0.15) is 6.07 Å². The van der Waals surface area contributed by atoms with Gasteiger partial charge < -0.3 is 14.0 Å². The molecule has 0 saturated heterocycles. The van der Waals surface area contributed by atoms with Crippen molar-refractivity contribution in [3.63, 3.8) is 0 Å². The van der Waals surface area contributed by atoms with Gasteiger partial charge in [0.2, 0.25) is 5.69 Å². The van der Waals surface area contributed by atoms with E-state index in [0.717, 1.165) is 66.1 Å². The summed E-state index contributed by atoms with van der Waals surface area (Å²) < 4.78 is 4.39. The molecule has 2 heterocycles. The number of fused-ring (bicyclic) bond motifs is 12. The molecule has 1 aliphatic rings. The Labute approximate surface area is 359 Å². The zero-order chi connectivity index (χ0) is 41.7. The first-order valence-electron chi connectivity index (χ1n) is 21.0. The Morgan fingerprint density at radius 1 is 0.516 bits per heavy atom. The molecule has 0 unspecified atom stereocenters. The molecule has 0 N–H and O–H groups in total. The summed E-state index contributed by atoms with van der Waals surface area (Å²) in [5.74, 6) is 0. The van der Waals surface area contributed by atoms with Crippen molar-refractivity contribution in [2.75, 3.05) is 4.90 Å². The summed E-state index contributed by atoms with van der Waals surface area (Å²) in [7, 11) is 0. The number of anilines is 3. The largest absolute Gasteiger partial charge is 0.319 e. The minimum absolute atomic E-state index is 0.232. The van der Waals surface area contributed by atoms with Crippen LogP contribution in [-0.4, -0.2) is 9.13 Å². The van der Waals surface area contributed by atoms with E-state index in [4.69, 9.17) is 6.57 Å². The summed E-state index contributed by atoms with van der Waals surface area (Å²) in [5, 5.41) is 17.9. The maximum atomic E-state index is 11.2. The molecule has 5 nitrogen and oxygen atoms in total. The van der Waals surface area contributed by atoms with Gasteiger partial charge >= 0.3 is 0 Å². The number of rotatable bonds is 5. The number of nitrogens with zero attached hydrogens (tertiary/aromatic N) is 5. The predicted octanol–water partition coefficient (Wildman–Crippen LogP) is 15.2. The molecule has 0 aliphatic heterocycles. The number of hydrogen-bond donors (Lipinski definition) is 0. The molecular formula is C57H37N5. The number of aromatic nitrogens is 2. The lowest BCUT2D eigenvalue weighted by Gasteiger charge is -2.25. The van der Waals surface area contributed by atoms with E-state index in [9.17, 15) is 5.26 Å². The molecule has 9 aromatic carbocycles. The van der Waals surface area contributed by atoms with Crippen LogP contribution in [0.15, 0.2) is 188 Å². The fourth-order valence-electron chi connectivity index (χ4n) is 10.5. The molecule has 12 rings (SSSR count). The molecule has 0 saturated carbocycles. The zero-order valence-corrected chi connectivity index (χ0v) is 34.1. The van der Waals surface area contributed by atoms with Gasteiger partial charge in [-0.05, 0) is 106 Å². The maximum absolute atomic E-state index is 11.2. The predicted molar refractivity (Wildman–Crippen MR) is 256 cm³/mol. The van der Waals surface area contributed by atoms with Crippen LogP contribution in [-0.2, 0) is 5.41 Å². The van der Waals surface area contributed by atoms with Gasteiger partial charge in [0.15, 0.2) is 0 Å². The third-order valence-electron chi connectivity index (χ3n) is 13.1. The third kappa shape index (κ3) is 4.94. The molecule has 0 radical (unpaired) electrons. The summed E-state index contributed by atoms with van der Waals surface area (Å²) in [6.45, 7) is 13.3. The Hall–Kier alpha value is -8.38. The fraction of sp³-hybridized carbons (Fsp3) is 0.0526. The first-order chi connectivity index (χ1) is 30.5. The fourth-order valence-corrected chi connectivity index (χ4v) is 10.5. The molecule has 0 spiro atoms. The van der Waals surface area contributed by atoms with E-state index in [2.05, 4.69) is 203 Å². The average molecular weight is 792 g/mol. The number of benzene rings is 9. The normalized spacial score (nSPS) is 12.8. The average Bonchev–Trinajstić information content (AvgIpc) is 3.92. The van der Waals surface area contributed by atoms with Crippen molar-refractivity contribution in [1.82, 2.24) is 9.13 Å². The SMILES string of the molecule is [C-]#[N+]c1cc(-n2c3ccc(N(c4ccccc4)c4ccccc4)cc3c3c4ccccc4ccc32)c(C#N)cc1-n1c2ccccc2c2c3c(ccc21)-c1ccccc1C3(C)C. The topological polar surface area (TPSA) is 41.2 Å². The first-order valence-corrected chi connectivity index (χ1v) is 21.0. The van der Waals surface area contributed by atoms with Crippen LogP contribution in [0.4, 0.5) is 22.7 Å². The van der Waals surface area contributed by atoms with Gasteiger partial charge in [-0.3, -0.25) is 0 Å². The van der Waals surface area contributed by atoms with E-state index >= 15 is 0 Å². The van der Waals surface area contributed by atoms with Crippen LogP contribution < -0.4 is 4.90 Å². The van der Waals surface area contributed by atoms with E-state index in [0.29, 0.717) is 22.6 Å². The zero-order valence-electron chi connectivity index (χ0n) is 34.1. The van der Waals surface area contributed by atoms with Crippen LogP contribution in [0, 0.1) is 17.9 Å². The monoisotopic (exact) mass is 791 g/mol. The Balaban J connectivity index is 1.12. The van der Waals surface area contributed by atoms with Gasteiger partial charge in [-0.1, -0.05) is 129 Å². The van der Waals surface area contributed by atoms with Crippen LogP contribution in [0.1, 0.15) is 30.5 Å². The summed E-state index contributed by atoms with van der Waals surface area (Å²) in [6, 6.07) is 68.3. The van der Waals surface area contributed by atoms with Gasteiger partial charge in [0, 0.05) is 44.0 Å². The molecule has 0 bridgehead atoms. The van der Waals surface area contributed by atoms with E-state index in [1.807, 2.05) is 24.3 Å². The van der Waals surface area contributed by atoms with Crippen molar-refractivity contribution in [2.24, 2.45) is 0 Å². The standard InChI is InChI=1S/C57H37N5/c1-57(2)46-24-14-12-22-42(46)43-28-31-51-55(56(43)57)44-23-13-15-25-48(44)62(51)53-32-37(35-58)52(34-47(53)59-3)61-49-30-27-40(60(38-17-6-4-7-18-38)39-19-8-5-9-20-39)33-45(49)54-41-21-11-10-16-36(41)26-29-50(54)61/h4-34H,1-2H3. The molecule has 5 heteroatoms. The molecule has 290 valence electrons. The lowest BCUT2D eigenvalue weighted by Crippen LogP contribution is -2.15. The van der Waals surface area contributed by atoms with Crippen molar-refractivity contribution in [2.45, 2.75) is 19.3 Å². The second-order valence-electron chi connectivity index (χ2n) is 16.7. The molecule has 0 atom stereocenters. The minimum Gasteiger partial charge on any atom is -0.319 e. The molecular weight excluding hydrogens is 755 g/mol. The molecule has 0 amide bonds. The van der Waals surface area contributed by atoms with Gasteiger partial charge in [0.05, 0.1) is 45.6 Å². The maximum Gasteiger partial charge on any atom is 0.212 e. The lowest BCUT2D eigenvalue weighted by atomic mass is 9.80. The van der Waals surface area contributed by atoms with Crippen LogP contribution in [0.2, 0.25) is 0 Å². The minimum atomic E-state index is -0.232. The molecule has 62 heavy (non-hydrogen) atoms. The van der Waals surface area contributed by atoms with E-state index < -0.39 is 0 Å². The Kier molecular flexibility index (Phi) is 7.64. The van der Waals surface area contributed by atoms with Crippen LogP contribution in [0.5, 0.6) is 0 Å². The van der Waals surface area contributed by atoms with Gasteiger partial charge in [-0.2, -0.15) is 5.26 Å². The highest BCUT2D eigenvalue weighted by molar-refractivity contribution is 6.22. The van der Waals surface area contributed by atoms with Crippen molar-refractivity contribution in [1.29, 1.82) is 5.26 Å². The lowest BCUT2D eigenvalue weighted by molar-refractivity contribution is 0.666. The third-order valence-corrected chi connectivity index (χ3v) is 13.1. The number of hydrogen-bond acceptors (Lipinski definition) is 2. The highest BCUT2D eigenvalue weighted by atomic mass is 15.1. The van der Waals surface area contributed by atoms with Crippen molar-refractivity contribution < 1.29 is 0 Å². The molecule has 1 aliphatic carbocycles. The van der Waals surface area contributed by atoms with Crippen LogP contribution in [0.25, 0.3) is 81.7 Å². The highest BCUT2D eigenvalue weighted by Crippen LogP contribution is 2.54. The second kappa shape index (κ2) is 13.3. The smallest absolute Gasteiger partial charge is 0.212 e. The van der Waals surface area contributed by atoms with Crippen molar-refractivity contribution in [3.8, 4) is 28.6 Å². The summed E-state index contributed by atoms with van der Waals surface area (Å²) >= 11 is 0. The molecule has 0 fully saturated rings. The summed E-state index contributed by atoms with van der Waals surface area (Å²) in [6.07, 6.45) is 0. The van der Waals surface area contributed by atoms with E-state index in [-0.39, 0.29) is 5.41 Å². The van der Waals surface area contributed by atoms with Gasteiger partial charge in [0.25, 0.3) is 0 Å². The van der Waals surface area contributed by atoms with E-state index in [1.54, 1.807) is 0 Å². The quantitative estimate of drug-likeness (QED) is 0.163. The highest BCUT2D eigenvalue weighted by Gasteiger charge is 2.38. The van der Waals surface area contributed by atoms with Crippen molar-refractivity contribution in [3.05, 3.63) is 216 Å². The van der Waals surface area contributed by atoms with Crippen LogP contribution >= 0.6 is 0 Å². The Bertz CT molecular complexity index is 3700. The summed E-state index contributed by atoms with van der Waals surface area (Å²) in [4.78, 5) is 6.51.